The zero-order valence-electron chi connectivity index (χ0n) is 17.6. The van der Waals surface area contributed by atoms with Crippen LogP contribution in [0.2, 0.25) is 0 Å². The van der Waals surface area contributed by atoms with Gasteiger partial charge in [-0.3, -0.25) is 0 Å². The molecule has 3 aromatic rings. The van der Waals surface area contributed by atoms with Crippen LogP contribution >= 0.6 is 0 Å². The van der Waals surface area contributed by atoms with E-state index in [0.29, 0.717) is 22.6 Å². The Morgan fingerprint density at radius 1 is 0.690 bits per heavy atom. The van der Waals surface area contributed by atoms with Gasteiger partial charge in [0, 0.05) is 29.2 Å². The smallest absolute Gasteiger partial charge is 0.123 e. The molecule has 0 aliphatic rings. The van der Waals surface area contributed by atoms with Gasteiger partial charge in [0.15, 0.2) is 0 Å². The number of aromatic hydroxyl groups is 2. The maximum Gasteiger partial charge on any atom is 0.123 e. The molecule has 0 amide bonds. The summed E-state index contributed by atoms with van der Waals surface area (Å²) in [7, 11) is 3.12. The van der Waals surface area contributed by atoms with Crippen molar-refractivity contribution in [2.75, 3.05) is 14.2 Å². The maximum absolute atomic E-state index is 10.7. The molecule has 0 saturated heterocycles. The summed E-state index contributed by atoms with van der Waals surface area (Å²) in [5.74, 6) is 1.04. The van der Waals surface area contributed by atoms with E-state index in [-0.39, 0.29) is 22.8 Å². The molecule has 0 aliphatic heterocycles. The lowest BCUT2D eigenvalue weighted by Gasteiger charge is -2.24. The fourth-order valence-electron chi connectivity index (χ4n) is 3.49. The Kier molecular flexibility index (Phi) is 5.73. The van der Waals surface area contributed by atoms with E-state index in [9.17, 15) is 10.2 Å². The first kappa shape index (κ1) is 20.6. The topological polar surface area (TPSA) is 58.9 Å². The van der Waals surface area contributed by atoms with Crippen molar-refractivity contribution in [2.45, 2.75) is 32.1 Å². The van der Waals surface area contributed by atoms with Crippen molar-refractivity contribution in [3.05, 3.63) is 82.9 Å². The molecule has 3 aromatic carbocycles. The summed E-state index contributed by atoms with van der Waals surface area (Å²) < 4.78 is 10.4. The van der Waals surface area contributed by atoms with Crippen molar-refractivity contribution in [1.82, 2.24) is 0 Å². The highest BCUT2D eigenvalue weighted by Crippen LogP contribution is 2.42. The number of hydrogen-bond donors (Lipinski definition) is 2. The van der Waals surface area contributed by atoms with Crippen LogP contribution < -0.4 is 9.47 Å². The van der Waals surface area contributed by atoms with Crippen LogP contribution in [-0.2, 0) is 5.41 Å². The molecular formula is C25H28O4. The predicted octanol–water partition coefficient (Wildman–Crippen LogP) is 5.59. The minimum absolute atomic E-state index is 0.0402. The Morgan fingerprint density at radius 3 is 1.48 bits per heavy atom. The fourth-order valence-corrected chi connectivity index (χ4v) is 3.49. The fraction of sp³-hybridized carbons (Fsp3) is 0.280. The number of rotatable bonds is 5. The van der Waals surface area contributed by atoms with Crippen molar-refractivity contribution in [1.29, 1.82) is 0 Å². The largest absolute Gasteiger partial charge is 0.507 e. The molecule has 0 radical (unpaired) electrons. The molecule has 0 bridgehead atoms. The molecule has 0 saturated carbocycles. The monoisotopic (exact) mass is 392 g/mol. The summed E-state index contributed by atoms with van der Waals surface area (Å²) >= 11 is 0. The molecule has 0 heterocycles. The lowest BCUT2D eigenvalue weighted by atomic mass is 9.81. The molecule has 0 aliphatic carbocycles. The first-order chi connectivity index (χ1) is 13.7. The first-order valence-corrected chi connectivity index (χ1v) is 9.59. The zero-order chi connectivity index (χ0) is 21.2. The highest BCUT2D eigenvalue weighted by Gasteiger charge is 2.24. The number of methoxy groups -OCH3 is 2. The summed E-state index contributed by atoms with van der Waals surface area (Å²) in [6.45, 7) is 6.51. The average Bonchev–Trinajstić information content (AvgIpc) is 2.70. The molecule has 0 spiro atoms. The van der Waals surface area contributed by atoms with E-state index in [1.54, 1.807) is 26.4 Å². The van der Waals surface area contributed by atoms with Gasteiger partial charge >= 0.3 is 0 Å². The average molecular weight is 392 g/mol. The quantitative estimate of drug-likeness (QED) is 0.556. The lowest BCUT2D eigenvalue weighted by molar-refractivity contribution is 0.404. The van der Waals surface area contributed by atoms with Gasteiger partial charge in [-0.2, -0.15) is 0 Å². The van der Waals surface area contributed by atoms with Gasteiger partial charge in [0.05, 0.1) is 14.2 Å². The van der Waals surface area contributed by atoms with Gasteiger partial charge in [0.1, 0.15) is 23.0 Å². The van der Waals surface area contributed by atoms with Crippen LogP contribution in [0, 0.1) is 0 Å². The van der Waals surface area contributed by atoms with Gasteiger partial charge in [-0.15, -0.1) is 0 Å². The van der Waals surface area contributed by atoms with Crippen LogP contribution in [0.3, 0.4) is 0 Å². The highest BCUT2D eigenvalue weighted by atomic mass is 16.5. The Morgan fingerprint density at radius 2 is 1.14 bits per heavy atom. The van der Waals surface area contributed by atoms with Gasteiger partial charge in [-0.25, -0.2) is 0 Å². The van der Waals surface area contributed by atoms with E-state index in [1.807, 2.05) is 24.3 Å². The van der Waals surface area contributed by atoms with Crippen LogP contribution in [0.25, 0.3) is 0 Å². The van der Waals surface area contributed by atoms with Crippen LogP contribution in [-0.4, -0.2) is 24.4 Å². The molecule has 29 heavy (non-hydrogen) atoms. The summed E-state index contributed by atoms with van der Waals surface area (Å²) in [5.41, 5.74) is 3.61. The number of ether oxygens (including phenoxy) is 2. The molecular weight excluding hydrogens is 364 g/mol. The number of phenolic OH excluding ortho intramolecular Hbond substituents is 2. The molecule has 0 unspecified atom stereocenters. The molecule has 4 nitrogen and oxygen atoms in total. The second kappa shape index (κ2) is 8.08. The highest BCUT2D eigenvalue weighted by molar-refractivity contribution is 5.55. The van der Waals surface area contributed by atoms with E-state index >= 15 is 0 Å². The summed E-state index contributed by atoms with van der Waals surface area (Å²) in [4.78, 5) is 0. The Balaban J connectivity index is 2.17. The Labute approximate surface area is 172 Å². The summed E-state index contributed by atoms with van der Waals surface area (Å²) in [6, 6.07) is 18.8. The number of hydrogen-bond acceptors (Lipinski definition) is 4. The van der Waals surface area contributed by atoms with E-state index in [1.165, 1.54) is 5.56 Å². The minimum atomic E-state index is -0.346. The second-order valence-electron chi connectivity index (χ2n) is 8.15. The lowest BCUT2D eigenvalue weighted by Crippen LogP contribution is -2.11. The van der Waals surface area contributed by atoms with E-state index in [2.05, 4.69) is 45.0 Å². The third-order valence-electron chi connectivity index (χ3n) is 5.21. The standard InChI is InChI=1S/C25H28O4/c1-25(2,3)17-8-6-16(7-9-17)24(20-12-10-18(28-4)14-22(20)26)21-13-11-19(29-5)15-23(21)27/h6-15,24,26-27H,1-5H3. The second-order valence-corrected chi connectivity index (χ2v) is 8.15. The molecule has 152 valence electrons. The Hall–Kier alpha value is -3.14. The molecule has 0 atom stereocenters. The van der Waals surface area contributed by atoms with Gasteiger partial charge in [0.25, 0.3) is 0 Å². The van der Waals surface area contributed by atoms with Gasteiger partial charge in [0.2, 0.25) is 0 Å². The molecule has 0 fully saturated rings. The van der Waals surface area contributed by atoms with E-state index in [4.69, 9.17) is 9.47 Å². The van der Waals surface area contributed by atoms with Crippen molar-refractivity contribution in [2.24, 2.45) is 0 Å². The SMILES string of the molecule is COc1ccc(C(c2ccc(C(C)(C)C)cc2)c2ccc(OC)cc2O)c(O)c1. The van der Waals surface area contributed by atoms with Crippen molar-refractivity contribution in [3.8, 4) is 23.0 Å². The van der Waals surface area contributed by atoms with Gasteiger partial charge < -0.3 is 19.7 Å². The normalized spacial score (nSPS) is 11.5. The van der Waals surface area contributed by atoms with E-state index in [0.717, 1.165) is 5.56 Å². The number of phenols is 2. The zero-order valence-corrected chi connectivity index (χ0v) is 17.6. The molecule has 0 aromatic heterocycles. The van der Waals surface area contributed by atoms with Crippen LogP contribution in [0.15, 0.2) is 60.7 Å². The maximum atomic E-state index is 10.7. The first-order valence-electron chi connectivity index (χ1n) is 9.59. The number of benzene rings is 3. The molecule has 2 N–H and O–H groups in total. The summed E-state index contributed by atoms with van der Waals surface area (Å²) in [6.07, 6.45) is 0. The van der Waals surface area contributed by atoms with Crippen molar-refractivity contribution >= 4 is 0 Å². The minimum Gasteiger partial charge on any atom is -0.507 e. The van der Waals surface area contributed by atoms with Crippen molar-refractivity contribution < 1.29 is 19.7 Å². The van der Waals surface area contributed by atoms with Crippen LogP contribution in [0.1, 0.15) is 48.9 Å². The van der Waals surface area contributed by atoms with Crippen molar-refractivity contribution in [3.63, 3.8) is 0 Å². The van der Waals surface area contributed by atoms with Gasteiger partial charge in [-0.05, 0) is 28.7 Å². The van der Waals surface area contributed by atoms with Crippen LogP contribution in [0.5, 0.6) is 23.0 Å². The third kappa shape index (κ3) is 4.32. The molecule has 3 rings (SSSR count). The Bertz CT molecular complexity index is 931. The molecule has 4 heteroatoms. The predicted molar refractivity (Wildman–Crippen MR) is 115 cm³/mol. The van der Waals surface area contributed by atoms with Gasteiger partial charge in [-0.1, -0.05) is 57.2 Å². The van der Waals surface area contributed by atoms with E-state index < -0.39 is 0 Å². The summed E-state index contributed by atoms with van der Waals surface area (Å²) in [5, 5.41) is 21.4. The third-order valence-corrected chi connectivity index (χ3v) is 5.21. The van der Waals surface area contributed by atoms with Crippen LogP contribution in [0.4, 0.5) is 0 Å².